The molecule has 1 rings (SSSR count). The molecule has 0 radical (unpaired) electrons. The molecule has 0 N–H and O–H groups in total. The SMILES string of the molecule is C=c1c(C(C)(C)C)cc(=CC)cc1C(C)(C)C. The molecule has 0 heteroatoms. The van der Waals surface area contributed by atoms with E-state index in [0.29, 0.717) is 0 Å². The molecule has 1 aromatic rings. The Kier molecular flexibility index (Phi) is 3.57. The predicted octanol–water partition coefficient (Wildman–Crippen LogP) is 3.49. The van der Waals surface area contributed by atoms with E-state index in [-0.39, 0.29) is 10.8 Å². The Bertz CT molecular complexity index is 463. The van der Waals surface area contributed by atoms with Crippen LogP contribution in [0, 0.1) is 0 Å². The van der Waals surface area contributed by atoms with Crippen LogP contribution in [-0.4, -0.2) is 0 Å². The maximum absolute atomic E-state index is 4.31. The summed E-state index contributed by atoms with van der Waals surface area (Å²) in [6, 6.07) is 4.55. The Morgan fingerprint density at radius 3 is 1.47 bits per heavy atom. The summed E-state index contributed by atoms with van der Waals surface area (Å²) in [5.74, 6) is 0. The third kappa shape index (κ3) is 3.00. The summed E-state index contributed by atoms with van der Waals surface area (Å²) in [6.07, 6.45) is 2.17. The predicted molar refractivity (Wildman–Crippen MR) is 78.8 cm³/mol. The second-order valence-electron chi connectivity index (χ2n) is 6.88. The van der Waals surface area contributed by atoms with E-state index < -0.39 is 0 Å². The molecule has 94 valence electrons. The summed E-state index contributed by atoms with van der Waals surface area (Å²) in [4.78, 5) is 0. The van der Waals surface area contributed by atoms with Gasteiger partial charge < -0.3 is 0 Å². The molecule has 0 spiro atoms. The maximum atomic E-state index is 4.31. The maximum Gasteiger partial charge on any atom is -0.0126 e. The van der Waals surface area contributed by atoms with E-state index >= 15 is 0 Å². The van der Waals surface area contributed by atoms with Crippen LogP contribution in [0.3, 0.4) is 0 Å². The Balaban J connectivity index is 3.73. The van der Waals surface area contributed by atoms with Crippen molar-refractivity contribution in [1.29, 1.82) is 0 Å². The van der Waals surface area contributed by atoms with Crippen LogP contribution >= 0.6 is 0 Å². The first-order valence-electron chi connectivity index (χ1n) is 6.37. The summed E-state index contributed by atoms with van der Waals surface area (Å²) >= 11 is 0. The average Bonchev–Trinajstić information content (AvgIpc) is 2.14. The minimum atomic E-state index is 0.149. The normalized spacial score (nSPS) is 12.6. The van der Waals surface area contributed by atoms with E-state index in [9.17, 15) is 0 Å². The van der Waals surface area contributed by atoms with E-state index in [0.717, 1.165) is 0 Å². The first-order valence-corrected chi connectivity index (χ1v) is 6.37. The van der Waals surface area contributed by atoms with Crippen LogP contribution in [-0.2, 0) is 10.8 Å². The van der Waals surface area contributed by atoms with Crippen LogP contribution in [0.15, 0.2) is 12.1 Å². The Morgan fingerprint density at radius 1 is 0.882 bits per heavy atom. The highest BCUT2D eigenvalue weighted by Gasteiger charge is 2.21. The van der Waals surface area contributed by atoms with Crippen molar-refractivity contribution < 1.29 is 0 Å². The monoisotopic (exact) mass is 230 g/mol. The number of benzene rings is 1. The van der Waals surface area contributed by atoms with Crippen molar-refractivity contribution in [2.45, 2.75) is 59.3 Å². The minimum Gasteiger partial charge on any atom is -0.0912 e. The highest BCUT2D eigenvalue weighted by molar-refractivity contribution is 5.39. The van der Waals surface area contributed by atoms with Crippen molar-refractivity contribution in [1.82, 2.24) is 0 Å². The fourth-order valence-electron chi connectivity index (χ4n) is 2.20. The third-order valence-corrected chi connectivity index (χ3v) is 3.22. The van der Waals surface area contributed by atoms with Gasteiger partial charge in [0.05, 0.1) is 0 Å². The van der Waals surface area contributed by atoms with Crippen molar-refractivity contribution in [2.24, 2.45) is 0 Å². The van der Waals surface area contributed by atoms with Gasteiger partial charge in [-0.3, -0.25) is 0 Å². The van der Waals surface area contributed by atoms with E-state index in [1.54, 1.807) is 0 Å². The molecule has 17 heavy (non-hydrogen) atoms. The van der Waals surface area contributed by atoms with E-state index in [4.69, 9.17) is 0 Å². The molecule has 0 nitrogen and oxygen atoms in total. The van der Waals surface area contributed by atoms with Gasteiger partial charge in [-0.2, -0.15) is 0 Å². The molecule has 0 atom stereocenters. The second kappa shape index (κ2) is 4.33. The molecule has 0 fully saturated rings. The Hall–Kier alpha value is -1.04. The fourth-order valence-corrected chi connectivity index (χ4v) is 2.20. The summed E-state index contributed by atoms with van der Waals surface area (Å²) in [7, 11) is 0. The van der Waals surface area contributed by atoms with Crippen molar-refractivity contribution in [3.8, 4) is 0 Å². The van der Waals surface area contributed by atoms with Crippen LogP contribution in [0.5, 0.6) is 0 Å². The Labute approximate surface area is 106 Å². The van der Waals surface area contributed by atoms with Crippen LogP contribution < -0.4 is 10.4 Å². The molecule has 0 aliphatic heterocycles. The van der Waals surface area contributed by atoms with Gasteiger partial charge in [0, 0.05) is 0 Å². The standard InChI is InChI=1S/C17H26/c1-9-13-10-14(16(3,4)5)12(2)15(11-13)17(6,7)8/h9-11H,2H2,1,3-8H3. The largest absolute Gasteiger partial charge is 0.0912 e. The zero-order valence-electron chi connectivity index (χ0n) is 12.4. The van der Waals surface area contributed by atoms with Crippen molar-refractivity contribution >= 4 is 12.7 Å². The molecule has 0 aliphatic rings. The first-order chi connectivity index (χ1) is 7.57. The smallest absolute Gasteiger partial charge is 0.0126 e. The quantitative estimate of drug-likeness (QED) is 0.640. The second-order valence-corrected chi connectivity index (χ2v) is 6.88. The van der Waals surface area contributed by atoms with Gasteiger partial charge in [0.1, 0.15) is 0 Å². The zero-order chi connectivity index (χ0) is 13.4. The summed E-state index contributed by atoms with van der Waals surface area (Å²) in [5.41, 5.74) is 3.02. The van der Waals surface area contributed by atoms with Crippen LogP contribution in [0.4, 0.5) is 0 Å². The highest BCUT2D eigenvalue weighted by Crippen LogP contribution is 2.22. The van der Waals surface area contributed by atoms with Gasteiger partial charge in [-0.1, -0.05) is 66.3 Å². The fraction of sp³-hybridized carbons (Fsp3) is 0.529. The molecule has 0 saturated carbocycles. The van der Waals surface area contributed by atoms with E-state index in [1.165, 1.54) is 21.6 Å². The van der Waals surface area contributed by atoms with Crippen LogP contribution in [0.25, 0.3) is 12.7 Å². The zero-order valence-corrected chi connectivity index (χ0v) is 12.4. The van der Waals surface area contributed by atoms with Crippen molar-refractivity contribution in [3.05, 3.63) is 33.7 Å². The number of hydrogen-bond acceptors (Lipinski definition) is 0. The van der Waals surface area contributed by atoms with Gasteiger partial charge in [0.15, 0.2) is 0 Å². The van der Waals surface area contributed by atoms with Gasteiger partial charge in [-0.25, -0.2) is 0 Å². The number of rotatable bonds is 0. The molecular weight excluding hydrogens is 204 g/mol. The number of hydrogen-bond donors (Lipinski definition) is 0. The molecule has 0 bridgehead atoms. The topological polar surface area (TPSA) is 0 Å². The first kappa shape index (κ1) is 14.0. The molecule has 0 aromatic heterocycles. The highest BCUT2D eigenvalue weighted by atomic mass is 14.3. The summed E-state index contributed by atoms with van der Waals surface area (Å²) in [5, 5.41) is 2.50. The lowest BCUT2D eigenvalue weighted by molar-refractivity contribution is 0.560. The average molecular weight is 230 g/mol. The molecule has 0 saturated heterocycles. The molecular formula is C17H26. The van der Waals surface area contributed by atoms with Crippen LogP contribution in [0.2, 0.25) is 0 Å². The van der Waals surface area contributed by atoms with Gasteiger partial charge in [-0.15, -0.1) is 0 Å². The van der Waals surface area contributed by atoms with E-state index in [1.807, 2.05) is 0 Å². The Morgan fingerprint density at radius 2 is 1.24 bits per heavy atom. The molecule has 0 heterocycles. The lowest BCUT2D eigenvalue weighted by Gasteiger charge is -2.26. The van der Waals surface area contributed by atoms with Crippen LogP contribution in [0.1, 0.15) is 59.6 Å². The third-order valence-electron chi connectivity index (χ3n) is 3.22. The van der Waals surface area contributed by atoms with Gasteiger partial charge in [-0.05, 0) is 39.3 Å². The molecule has 1 aromatic carbocycles. The minimum absolute atomic E-state index is 0.149. The lowest BCUT2D eigenvalue weighted by atomic mass is 9.78. The van der Waals surface area contributed by atoms with E-state index in [2.05, 4.69) is 73.3 Å². The summed E-state index contributed by atoms with van der Waals surface area (Å²) < 4.78 is 0. The lowest BCUT2D eigenvalue weighted by Crippen LogP contribution is -2.32. The molecule has 0 aliphatic carbocycles. The summed E-state index contributed by atoms with van der Waals surface area (Å²) in [6.45, 7) is 19.9. The van der Waals surface area contributed by atoms with Gasteiger partial charge >= 0.3 is 0 Å². The van der Waals surface area contributed by atoms with Crippen molar-refractivity contribution in [3.63, 3.8) is 0 Å². The molecule has 0 amide bonds. The van der Waals surface area contributed by atoms with Gasteiger partial charge in [0.25, 0.3) is 0 Å². The molecule has 0 unspecified atom stereocenters. The van der Waals surface area contributed by atoms with Gasteiger partial charge in [0.2, 0.25) is 0 Å². The van der Waals surface area contributed by atoms with Crippen molar-refractivity contribution in [2.75, 3.05) is 0 Å².